The molecule has 0 aliphatic carbocycles. The molecule has 1 amide bonds. The van der Waals surface area contributed by atoms with Gasteiger partial charge in [-0.15, -0.1) is 0 Å². The lowest BCUT2D eigenvalue weighted by molar-refractivity contribution is -0.143. The van der Waals surface area contributed by atoms with Crippen LogP contribution in [0.1, 0.15) is 48.9 Å². The van der Waals surface area contributed by atoms with E-state index in [9.17, 15) is 24.2 Å². The monoisotopic (exact) mass is 494 g/mol. The van der Waals surface area contributed by atoms with Gasteiger partial charge in [0.2, 0.25) is 0 Å². The van der Waals surface area contributed by atoms with Crippen molar-refractivity contribution in [1.82, 2.24) is 4.57 Å². The lowest BCUT2D eigenvalue weighted by Gasteiger charge is -2.16. The number of aliphatic hydroxyl groups is 2. The molecule has 0 radical (unpaired) electrons. The number of rotatable bonds is 10. The van der Waals surface area contributed by atoms with Gasteiger partial charge >= 0.3 is 5.97 Å². The van der Waals surface area contributed by atoms with Crippen molar-refractivity contribution < 1.29 is 28.9 Å². The molecule has 0 fully saturated rings. The lowest BCUT2D eigenvalue weighted by atomic mass is 9.94. The highest BCUT2D eigenvalue weighted by Gasteiger charge is 2.28. The molecule has 1 heterocycles. The Hall–Kier alpha value is -3.75. The van der Waals surface area contributed by atoms with Gasteiger partial charge in [-0.3, -0.25) is 9.59 Å². The molecule has 3 rings (SSSR count). The third kappa shape index (κ3) is 6.08. The predicted molar refractivity (Wildman–Crippen MR) is 136 cm³/mol. The zero-order chi connectivity index (χ0) is 26.4. The first-order valence-electron chi connectivity index (χ1n) is 11.6. The molecule has 0 aliphatic heterocycles. The number of primary amides is 1. The van der Waals surface area contributed by atoms with Crippen LogP contribution in [-0.4, -0.2) is 46.0 Å². The third-order valence-corrected chi connectivity index (χ3v) is 5.81. The summed E-state index contributed by atoms with van der Waals surface area (Å²) in [5.41, 5.74) is 9.44. The first kappa shape index (κ1) is 26.8. The van der Waals surface area contributed by atoms with Gasteiger partial charge in [0.15, 0.2) is 0 Å². The summed E-state index contributed by atoms with van der Waals surface area (Å²) in [6.07, 6.45) is 0.641. The number of aliphatic hydroxyl groups excluding tert-OH is 2. The third-order valence-electron chi connectivity index (χ3n) is 5.81. The largest absolute Gasteiger partial charge is 0.469 e. The maximum absolute atomic E-state index is 13.8. The highest BCUT2D eigenvalue weighted by molar-refractivity contribution is 6.05. The van der Waals surface area contributed by atoms with Crippen molar-refractivity contribution in [2.45, 2.75) is 44.9 Å². The fourth-order valence-corrected chi connectivity index (χ4v) is 4.26. The van der Waals surface area contributed by atoms with Gasteiger partial charge in [0, 0.05) is 29.3 Å². The summed E-state index contributed by atoms with van der Waals surface area (Å²) in [4.78, 5) is 24.2. The van der Waals surface area contributed by atoms with E-state index in [4.69, 9.17) is 5.73 Å². The SMILES string of the molecule is COC(=O)CC(O)CC(O)C=Cc1c(-c2ccc(F)cc2)c(-c2ccccc2)c(C(N)=O)n1C(C)C. The van der Waals surface area contributed by atoms with Crippen LogP contribution in [-0.2, 0) is 9.53 Å². The van der Waals surface area contributed by atoms with Gasteiger partial charge in [0.25, 0.3) is 5.91 Å². The second-order valence-electron chi connectivity index (χ2n) is 8.78. The molecule has 2 aromatic carbocycles. The van der Waals surface area contributed by atoms with E-state index >= 15 is 0 Å². The van der Waals surface area contributed by atoms with E-state index in [2.05, 4.69) is 4.74 Å². The Bertz CT molecular complexity index is 1230. The number of halogens is 1. The maximum atomic E-state index is 13.8. The zero-order valence-electron chi connectivity index (χ0n) is 20.5. The van der Waals surface area contributed by atoms with Crippen LogP contribution in [0.25, 0.3) is 28.3 Å². The van der Waals surface area contributed by atoms with Crippen molar-refractivity contribution in [1.29, 1.82) is 0 Å². The minimum Gasteiger partial charge on any atom is -0.469 e. The molecule has 7 nitrogen and oxygen atoms in total. The average Bonchev–Trinajstić information content (AvgIpc) is 3.19. The van der Waals surface area contributed by atoms with E-state index in [1.807, 2.05) is 44.2 Å². The van der Waals surface area contributed by atoms with E-state index in [-0.39, 0.29) is 24.6 Å². The molecule has 1 aromatic heterocycles. The molecule has 0 aliphatic rings. The molecule has 2 atom stereocenters. The fraction of sp³-hybridized carbons (Fsp3) is 0.286. The second-order valence-corrected chi connectivity index (χ2v) is 8.78. The van der Waals surface area contributed by atoms with E-state index in [1.165, 1.54) is 25.3 Å². The van der Waals surface area contributed by atoms with Crippen molar-refractivity contribution in [3.05, 3.63) is 77.9 Å². The number of methoxy groups -OCH3 is 1. The van der Waals surface area contributed by atoms with Crippen molar-refractivity contribution in [2.24, 2.45) is 5.73 Å². The van der Waals surface area contributed by atoms with Crippen molar-refractivity contribution >= 4 is 18.0 Å². The van der Waals surface area contributed by atoms with Crippen molar-refractivity contribution in [3.63, 3.8) is 0 Å². The van der Waals surface area contributed by atoms with Crippen molar-refractivity contribution in [3.8, 4) is 22.3 Å². The number of aromatic nitrogens is 1. The Kier molecular flexibility index (Phi) is 8.79. The first-order valence-corrected chi connectivity index (χ1v) is 11.6. The van der Waals surface area contributed by atoms with Crippen LogP contribution in [0.3, 0.4) is 0 Å². The quantitative estimate of drug-likeness (QED) is 0.363. The van der Waals surface area contributed by atoms with Gasteiger partial charge in [-0.2, -0.15) is 0 Å². The van der Waals surface area contributed by atoms with Gasteiger partial charge in [-0.25, -0.2) is 4.39 Å². The molecular formula is C28H31FN2O5. The van der Waals surface area contributed by atoms with Crippen LogP contribution in [0, 0.1) is 5.82 Å². The molecule has 0 bridgehead atoms. The van der Waals surface area contributed by atoms with E-state index in [0.717, 1.165) is 5.56 Å². The minimum atomic E-state index is -1.09. The van der Waals surface area contributed by atoms with Crippen LogP contribution < -0.4 is 5.73 Å². The molecule has 3 aromatic rings. The summed E-state index contributed by atoms with van der Waals surface area (Å²) >= 11 is 0. The number of hydrogen-bond donors (Lipinski definition) is 3. The summed E-state index contributed by atoms with van der Waals surface area (Å²) in [7, 11) is 1.23. The van der Waals surface area contributed by atoms with Gasteiger partial charge in [0.05, 0.1) is 25.7 Å². The molecule has 4 N–H and O–H groups in total. The highest BCUT2D eigenvalue weighted by atomic mass is 19.1. The number of hydrogen-bond acceptors (Lipinski definition) is 5. The Morgan fingerprint density at radius 3 is 2.19 bits per heavy atom. The normalized spacial score (nSPS) is 13.2. The molecule has 2 unspecified atom stereocenters. The number of esters is 1. The van der Waals surface area contributed by atoms with E-state index in [1.54, 1.807) is 22.8 Å². The fourth-order valence-electron chi connectivity index (χ4n) is 4.26. The Morgan fingerprint density at radius 2 is 1.64 bits per heavy atom. The van der Waals surface area contributed by atoms with Gasteiger partial charge in [0.1, 0.15) is 11.5 Å². The summed E-state index contributed by atoms with van der Waals surface area (Å²) in [5, 5.41) is 20.6. The molecular weight excluding hydrogens is 463 g/mol. The molecule has 0 saturated heterocycles. The Balaban J connectivity index is 2.21. The Morgan fingerprint density at radius 1 is 1.03 bits per heavy atom. The molecule has 8 heteroatoms. The summed E-state index contributed by atoms with van der Waals surface area (Å²) in [5.74, 6) is -1.60. The second kappa shape index (κ2) is 11.8. The topological polar surface area (TPSA) is 115 Å². The maximum Gasteiger partial charge on any atom is 0.308 e. The van der Waals surface area contributed by atoms with Gasteiger partial charge in [-0.05, 0) is 43.2 Å². The number of nitrogens with zero attached hydrogens (tertiary/aromatic N) is 1. The number of benzene rings is 2. The standard InChI is InChI=1S/C28H31FN2O5/c1-17(2)31-23(14-13-21(32)15-22(33)16-24(34)36-3)25(19-9-11-20(29)12-10-19)26(27(31)28(30)35)18-7-5-4-6-8-18/h4-14,17,21-22,32-33H,15-16H2,1-3H3,(H2,30,35). The van der Waals surface area contributed by atoms with E-state index in [0.29, 0.717) is 22.4 Å². The van der Waals surface area contributed by atoms with Crippen LogP contribution in [0.4, 0.5) is 4.39 Å². The lowest BCUT2D eigenvalue weighted by Crippen LogP contribution is -2.20. The predicted octanol–water partition coefficient (Wildman–Crippen LogP) is 4.33. The van der Waals surface area contributed by atoms with Crippen LogP contribution in [0.5, 0.6) is 0 Å². The summed E-state index contributed by atoms with van der Waals surface area (Å²) in [6.45, 7) is 3.81. The van der Waals surface area contributed by atoms with Crippen molar-refractivity contribution in [2.75, 3.05) is 7.11 Å². The van der Waals surface area contributed by atoms with Gasteiger partial charge < -0.3 is 25.3 Å². The molecule has 0 spiro atoms. The number of carbonyl (C=O) groups is 2. The number of nitrogens with two attached hydrogens (primary N) is 1. The first-order chi connectivity index (χ1) is 17.1. The van der Waals surface area contributed by atoms with Crippen LogP contribution in [0.2, 0.25) is 0 Å². The summed E-state index contributed by atoms with van der Waals surface area (Å²) < 4.78 is 20.1. The Labute approximate surface area is 209 Å². The number of carbonyl (C=O) groups excluding carboxylic acids is 2. The van der Waals surface area contributed by atoms with Crippen LogP contribution in [0.15, 0.2) is 60.7 Å². The molecule has 0 saturated carbocycles. The highest BCUT2D eigenvalue weighted by Crippen LogP contribution is 2.42. The number of ether oxygens (including phenoxy) is 1. The molecule has 36 heavy (non-hydrogen) atoms. The van der Waals surface area contributed by atoms with Crippen LogP contribution >= 0.6 is 0 Å². The summed E-state index contributed by atoms with van der Waals surface area (Å²) in [6, 6.07) is 15.0. The van der Waals surface area contributed by atoms with E-state index < -0.39 is 29.9 Å². The molecule has 190 valence electrons. The zero-order valence-corrected chi connectivity index (χ0v) is 20.5. The number of amides is 1. The average molecular weight is 495 g/mol. The minimum absolute atomic E-state index is 0.0892. The smallest absolute Gasteiger partial charge is 0.308 e. The van der Waals surface area contributed by atoms with Gasteiger partial charge in [-0.1, -0.05) is 48.5 Å².